The van der Waals surface area contributed by atoms with Gasteiger partial charge in [0, 0.05) is 6.54 Å². The van der Waals surface area contributed by atoms with Crippen LogP contribution in [0.2, 0.25) is 0 Å². The maximum atomic E-state index is 11.8. The van der Waals surface area contributed by atoms with E-state index in [1.807, 2.05) is 0 Å². The summed E-state index contributed by atoms with van der Waals surface area (Å²) in [5, 5.41) is 24.4. The maximum absolute atomic E-state index is 11.8. The molecule has 1 heterocycles. The highest BCUT2D eigenvalue weighted by molar-refractivity contribution is 5.96. The molecule has 100 valence electrons. The molecule has 1 rings (SSSR count). The summed E-state index contributed by atoms with van der Waals surface area (Å²) in [6.45, 7) is 4.40. The summed E-state index contributed by atoms with van der Waals surface area (Å²) in [4.78, 5) is 22.3. The molecule has 1 unspecified atom stereocenters. The molecule has 18 heavy (non-hydrogen) atoms. The van der Waals surface area contributed by atoms with E-state index >= 15 is 0 Å². The molecular weight excluding hydrogens is 240 g/mol. The highest BCUT2D eigenvalue weighted by Gasteiger charge is 2.26. The van der Waals surface area contributed by atoms with Crippen LogP contribution in [-0.4, -0.2) is 39.4 Å². The Morgan fingerprint density at radius 1 is 1.44 bits per heavy atom. The molecule has 7 nitrogen and oxygen atoms in total. The van der Waals surface area contributed by atoms with E-state index in [9.17, 15) is 14.7 Å². The van der Waals surface area contributed by atoms with Crippen LogP contribution in [0.3, 0.4) is 0 Å². The number of nitrogens with one attached hydrogen (secondary N) is 1. The molecule has 0 saturated carbocycles. The van der Waals surface area contributed by atoms with E-state index in [4.69, 9.17) is 9.63 Å². The van der Waals surface area contributed by atoms with Crippen molar-refractivity contribution in [1.82, 2.24) is 10.5 Å². The summed E-state index contributed by atoms with van der Waals surface area (Å²) in [7, 11) is 0. The van der Waals surface area contributed by atoms with Gasteiger partial charge >= 0.3 is 5.97 Å². The van der Waals surface area contributed by atoms with Crippen LogP contribution in [0, 0.1) is 13.8 Å². The van der Waals surface area contributed by atoms with Gasteiger partial charge in [-0.05, 0) is 20.8 Å². The van der Waals surface area contributed by atoms with Crippen molar-refractivity contribution in [2.75, 3.05) is 6.54 Å². The van der Waals surface area contributed by atoms with Crippen LogP contribution >= 0.6 is 0 Å². The summed E-state index contributed by atoms with van der Waals surface area (Å²) in [5.41, 5.74) is -0.746. The number of amides is 1. The zero-order valence-electron chi connectivity index (χ0n) is 10.5. The molecule has 0 saturated heterocycles. The summed E-state index contributed by atoms with van der Waals surface area (Å²) in [6.07, 6.45) is -0.450. The van der Waals surface area contributed by atoms with Crippen molar-refractivity contribution in [1.29, 1.82) is 0 Å². The standard InChI is InChI=1S/C11H16N2O5/c1-6-9(7(2)18-13-6)10(16)12-5-11(3,17)4-8(14)15/h17H,4-5H2,1-3H3,(H,12,16)(H,14,15). The van der Waals surface area contributed by atoms with E-state index in [0.717, 1.165) is 0 Å². The van der Waals surface area contributed by atoms with Gasteiger partial charge in [-0.3, -0.25) is 9.59 Å². The molecule has 1 aromatic heterocycles. The van der Waals surface area contributed by atoms with Gasteiger partial charge in [0.1, 0.15) is 11.3 Å². The van der Waals surface area contributed by atoms with Crippen molar-refractivity contribution in [3.05, 3.63) is 17.0 Å². The number of carboxylic acid groups (broad SMARTS) is 1. The quantitative estimate of drug-likeness (QED) is 0.696. The van der Waals surface area contributed by atoms with Crippen LogP contribution in [0.1, 0.15) is 35.2 Å². The Balaban J connectivity index is 2.64. The Kier molecular flexibility index (Phi) is 4.07. The van der Waals surface area contributed by atoms with Gasteiger partial charge in [0.05, 0.1) is 17.7 Å². The van der Waals surface area contributed by atoms with Crippen molar-refractivity contribution >= 4 is 11.9 Å². The number of aromatic nitrogens is 1. The number of carbonyl (C=O) groups is 2. The van der Waals surface area contributed by atoms with Crippen molar-refractivity contribution in [3.63, 3.8) is 0 Å². The third kappa shape index (κ3) is 3.56. The number of aryl methyl sites for hydroxylation is 2. The average Bonchev–Trinajstić information content (AvgIpc) is 2.53. The first kappa shape index (κ1) is 14.2. The van der Waals surface area contributed by atoms with Gasteiger partial charge in [-0.25, -0.2) is 0 Å². The second kappa shape index (κ2) is 5.18. The predicted molar refractivity (Wildman–Crippen MR) is 61.2 cm³/mol. The average molecular weight is 256 g/mol. The smallest absolute Gasteiger partial charge is 0.306 e. The van der Waals surface area contributed by atoms with E-state index in [2.05, 4.69) is 10.5 Å². The van der Waals surface area contributed by atoms with Gasteiger partial charge in [-0.2, -0.15) is 0 Å². The van der Waals surface area contributed by atoms with E-state index in [-0.39, 0.29) is 6.54 Å². The minimum absolute atomic E-state index is 0.164. The summed E-state index contributed by atoms with van der Waals surface area (Å²) < 4.78 is 4.85. The zero-order chi connectivity index (χ0) is 13.9. The van der Waals surface area contributed by atoms with Crippen LogP contribution in [0.4, 0.5) is 0 Å². The fourth-order valence-electron chi connectivity index (χ4n) is 1.55. The SMILES string of the molecule is Cc1noc(C)c1C(=O)NCC(C)(O)CC(=O)O. The van der Waals surface area contributed by atoms with E-state index in [1.165, 1.54) is 6.92 Å². The van der Waals surface area contributed by atoms with Crippen LogP contribution in [0.15, 0.2) is 4.52 Å². The first-order valence-corrected chi connectivity index (χ1v) is 5.38. The molecule has 1 atom stereocenters. The molecule has 7 heteroatoms. The molecule has 1 amide bonds. The van der Waals surface area contributed by atoms with Crippen LogP contribution in [-0.2, 0) is 4.79 Å². The largest absolute Gasteiger partial charge is 0.481 e. The number of carboxylic acids is 1. The van der Waals surface area contributed by atoms with Crippen LogP contribution in [0.25, 0.3) is 0 Å². The second-order valence-electron chi connectivity index (χ2n) is 4.45. The molecule has 3 N–H and O–H groups in total. The molecule has 0 aliphatic rings. The number of aliphatic hydroxyl groups is 1. The first-order chi connectivity index (χ1) is 8.23. The third-order valence-electron chi connectivity index (χ3n) is 2.42. The lowest BCUT2D eigenvalue weighted by atomic mass is 10.0. The summed E-state index contributed by atoms with van der Waals surface area (Å²) >= 11 is 0. The van der Waals surface area contributed by atoms with Crippen molar-refractivity contribution in [3.8, 4) is 0 Å². The van der Waals surface area contributed by atoms with Crippen LogP contribution < -0.4 is 5.32 Å². The second-order valence-corrected chi connectivity index (χ2v) is 4.45. The van der Waals surface area contributed by atoms with Gasteiger partial charge in [0.15, 0.2) is 0 Å². The Morgan fingerprint density at radius 2 is 2.06 bits per heavy atom. The van der Waals surface area contributed by atoms with Gasteiger partial charge in [-0.1, -0.05) is 5.16 Å². The lowest BCUT2D eigenvalue weighted by Crippen LogP contribution is -2.42. The Labute approximate surface area is 104 Å². The lowest BCUT2D eigenvalue weighted by Gasteiger charge is -2.21. The first-order valence-electron chi connectivity index (χ1n) is 5.38. The Morgan fingerprint density at radius 3 is 2.50 bits per heavy atom. The molecule has 0 bridgehead atoms. The highest BCUT2D eigenvalue weighted by Crippen LogP contribution is 2.13. The van der Waals surface area contributed by atoms with Crippen molar-refractivity contribution in [2.45, 2.75) is 32.8 Å². The normalized spacial score (nSPS) is 14.0. The molecule has 1 aromatic rings. The highest BCUT2D eigenvalue weighted by atomic mass is 16.5. The third-order valence-corrected chi connectivity index (χ3v) is 2.42. The molecular formula is C11H16N2O5. The minimum atomic E-state index is -1.50. The zero-order valence-corrected chi connectivity index (χ0v) is 10.5. The van der Waals surface area contributed by atoms with E-state index < -0.39 is 23.9 Å². The molecule has 0 aromatic carbocycles. The maximum Gasteiger partial charge on any atom is 0.306 e. The number of hydrogen-bond acceptors (Lipinski definition) is 5. The monoisotopic (exact) mass is 256 g/mol. The van der Waals surface area contributed by atoms with Crippen molar-refractivity contribution < 1.29 is 24.3 Å². The van der Waals surface area contributed by atoms with Crippen LogP contribution in [0.5, 0.6) is 0 Å². The van der Waals surface area contributed by atoms with Gasteiger partial charge in [0.2, 0.25) is 0 Å². The molecule has 0 aliphatic heterocycles. The Hall–Kier alpha value is -1.89. The molecule has 0 radical (unpaired) electrons. The summed E-state index contributed by atoms with van der Waals surface area (Å²) in [6, 6.07) is 0. The summed E-state index contributed by atoms with van der Waals surface area (Å²) in [5.74, 6) is -1.20. The lowest BCUT2D eigenvalue weighted by molar-refractivity contribution is -0.141. The number of hydrogen-bond donors (Lipinski definition) is 3. The number of carbonyl (C=O) groups excluding carboxylic acids is 1. The van der Waals surface area contributed by atoms with E-state index in [0.29, 0.717) is 17.0 Å². The number of aliphatic carboxylic acids is 1. The molecule has 0 aliphatic carbocycles. The van der Waals surface area contributed by atoms with Crippen molar-refractivity contribution in [2.24, 2.45) is 0 Å². The van der Waals surface area contributed by atoms with Gasteiger partial charge in [-0.15, -0.1) is 0 Å². The number of rotatable bonds is 5. The van der Waals surface area contributed by atoms with Gasteiger partial charge < -0.3 is 20.1 Å². The fourth-order valence-corrected chi connectivity index (χ4v) is 1.55. The topological polar surface area (TPSA) is 113 Å². The predicted octanol–water partition coefficient (Wildman–Crippen LogP) is 0.247. The fraction of sp³-hybridized carbons (Fsp3) is 0.545. The molecule has 0 spiro atoms. The van der Waals surface area contributed by atoms with Gasteiger partial charge in [0.25, 0.3) is 5.91 Å². The number of nitrogens with zero attached hydrogens (tertiary/aromatic N) is 1. The molecule has 0 fully saturated rings. The Bertz CT molecular complexity index is 444. The van der Waals surface area contributed by atoms with E-state index in [1.54, 1.807) is 13.8 Å². The minimum Gasteiger partial charge on any atom is -0.481 e.